The summed E-state index contributed by atoms with van der Waals surface area (Å²) in [6.07, 6.45) is 4.22. The standard InChI is InChI=1S/C13H13Cl2NO/c1-16-13(6-9-4-5-17-8-9)11-7-10(14)2-3-12(11)15/h2-5,7-8,13,16H,6H2,1H3. The number of hydrogen-bond acceptors (Lipinski definition) is 2. The Bertz CT molecular complexity index is 482. The Balaban J connectivity index is 2.25. The summed E-state index contributed by atoms with van der Waals surface area (Å²) in [5.41, 5.74) is 2.13. The van der Waals surface area contributed by atoms with Gasteiger partial charge in [0.2, 0.25) is 0 Å². The van der Waals surface area contributed by atoms with Crippen molar-refractivity contribution in [1.29, 1.82) is 0 Å². The normalized spacial score (nSPS) is 12.6. The van der Waals surface area contributed by atoms with Gasteiger partial charge in [-0.2, -0.15) is 0 Å². The van der Waals surface area contributed by atoms with E-state index >= 15 is 0 Å². The van der Waals surface area contributed by atoms with E-state index in [0.29, 0.717) is 5.02 Å². The summed E-state index contributed by atoms with van der Waals surface area (Å²) < 4.78 is 5.06. The van der Waals surface area contributed by atoms with Crippen LogP contribution in [-0.4, -0.2) is 7.05 Å². The van der Waals surface area contributed by atoms with Crippen LogP contribution in [0.3, 0.4) is 0 Å². The molecule has 2 rings (SSSR count). The van der Waals surface area contributed by atoms with E-state index in [-0.39, 0.29) is 6.04 Å². The van der Waals surface area contributed by atoms with Gasteiger partial charge in [0.25, 0.3) is 0 Å². The molecule has 1 unspecified atom stereocenters. The minimum atomic E-state index is 0.124. The lowest BCUT2D eigenvalue weighted by atomic mass is 10.0. The third-order valence-electron chi connectivity index (χ3n) is 2.70. The Labute approximate surface area is 111 Å². The van der Waals surface area contributed by atoms with Crippen molar-refractivity contribution in [2.24, 2.45) is 0 Å². The molecule has 90 valence electrons. The van der Waals surface area contributed by atoms with E-state index in [2.05, 4.69) is 5.32 Å². The predicted molar refractivity (Wildman–Crippen MR) is 70.7 cm³/mol. The van der Waals surface area contributed by atoms with Crippen LogP contribution in [0.2, 0.25) is 10.0 Å². The molecular weight excluding hydrogens is 257 g/mol. The van der Waals surface area contributed by atoms with Crippen molar-refractivity contribution in [2.45, 2.75) is 12.5 Å². The molecule has 17 heavy (non-hydrogen) atoms. The molecule has 1 aromatic heterocycles. The van der Waals surface area contributed by atoms with E-state index in [9.17, 15) is 0 Å². The lowest BCUT2D eigenvalue weighted by molar-refractivity contribution is 0.552. The zero-order valence-corrected chi connectivity index (χ0v) is 10.9. The lowest BCUT2D eigenvalue weighted by Crippen LogP contribution is -2.19. The molecule has 0 fully saturated rings. The molecule has 0 saturated heterocycles. The van der Waals surface area contributed by atoms with E-state index in [0.717, 1.165) is 22.6 Å². The molecule has 2 nitrogen and oxygen atoms in total. The van der Waals surface area contributed by atoms with Crippen LogP contribution >= 0.6 is 23.2 Å². The number of benzene rings is 1. The van der Waals surface area contributed by atoms with Gasteiger partial charge in [0.05, 0.1) is 12.5 Å². The lowest BCUT2D eigenvalue weighted by Gasteiger charge is -2.17. The highest BCUT2D eigenvalue weighted by Crippen LogP contribution is 2.28. The summed E-state index contributed by atoms with van der Waals surface area (Å²) in [6, 6.07) is 7.57. The topological polar surface area (TPSA) is 25.2 Å². The molecule has 0 amide bonds. The minimum absolute atomic E-state index is 0.124. The summed E-state index contributed by atoms with van der Waals surface area (Å²) in [6.45, 7) is 0. The molecule has 1 aromatic carbocycles. The molecule has 0 aliphatic heterocycles. The summed E-state index contributed by atoms with van der Waals surface area (Å²) in [5.74, 6) is 0. The van der Waals surface area contributed by atoms with Gasteiger partial charge in [0.1, 0.15) is 0 Å². The van der Waals surface area contributed by atoms with E-state index < -0.39 is 0 Å². The van der Waals surface area contributed by atoms with Gasteiger partial charge >= 0.3 is 0 Å². The molecule has 1 atom stereocenters. The number of nitrogens with one attached hydrogen (secondary N) is 1. The Morgan fingerprint density at radius 3 is 2.76 bits per heavy atom. The van der Waals surface area contributed by atoms with Crippen molar-refractivity contribution in [3.63, 3.8) is 0 Å². The molecule has 1 heterocycles. The molecule has 0 spiro atoms. The van der Waals surface area contributed by atoms with Crippen LogP contribution in [0.5, 0.6) is 0 Å². The van der Waals surface area contributed by atoms with E-state index in [4.69, 9.17) is 27.6 Å². The van der Waals surface area contributed by atoms with Crippen molar-refractivity contribution >= 4 is 23.2 Å². The second kappa shape index (κ2) is 5.58. The van der Waals surface area contributed by atoms with Gasteiger partial charge in [0, 0.05) is 16.1 Å². The first-order valence-electron chi connectivity index (χ1n) is 5.34. The number of furan rings is 1. The summed E-state index contributed by atoms with van der Waals surface area (Å²) in [4.78, 5) is 0. The van der Waals surface area contributed by atoms with Crippen LogP contribution in [0, 0.1) is 0 Å². The van der Waals surface area contributed by atoms with Crippen LogP contribution in [0.15, 0.2) is 41.2 Å². The monoisotopic (exact) mass is 269 g/mol. The fraction of sp³-hybridized carbons (Fsp3) is 0.231. The highest BCUT2D eigenvalue weighted by molar-refractivity contribution is 6.33. The van der Waals surface area contributed by atoms with Crippen molar-refractivity contribution < 1.29 is 4.42 Å². The Morgan fingerprint density at radius 2 is 2.12 bits per heavy atom. The number of likely N-dealkylation sites (N-methyl/N-ethyl adjacent to an activating group) is 1. The van der Waals surface area contributed by atoms with Crippen molar-refractivity contribution in [1.82, 2.24) is 5.32 Å². The molecular formula is C13H13Cl2NO. The van der Waals surface area contributed by atoms with Gasteiger partial charge in [-0.25, -0.2) is 0 Å². The summed E-state index contributed by atoms with van der Waals surface area (Å²) in [7, 11) is 1.90. The third-order valence-corrected chi connectivity index (χ3v) is 3.28. The Kier molecular flexibility index (Phi) is 4.11. The second-order valence-electron chi connectivity index (χ2n) is 3.84. The van der Waals surface area contributed by atoms with Crippen molar-refractivity contribution in [3.05, 3.63) is 58.0 Å². The average molecular weight is 270 g/mol. The first-order chi connectivity index (χ1) is 8.20. The van der Waals surface area contributed by atoms with Crippen LogP contribution < -0.4 is 5.32 Å². The molecule has 4 heteroatoms. The van der Waals surface area contributed by atoms with Gasteiger partial charge in [0.15, 0.2) is 0 Å². The van der Waals surface area contributed by atoms with Crippen LogP contribution in [0.1, 0.15) is 17.2 Å². The first kappa shape index (κ1) is 12.5. The minimum Gasteiger partial charge on any atom is -0.472 e. The third kappa shape index (κ3) is 3.03. The number of rotatable bonds is 4. The van der Waals surface area contributed by atoms with Gasteiger partial charge in [-0.15, -0.1) is 0 Å². The van der Waals surface area contributed by atoms with E-state index in [1.165, 1.54) is 0 Å². The average Bonchev–Trinajstić information content (AvgIpc) is 2.82. The maximum Gasteiger partial charge on any atom is 0.0935 e. The Hall–Kier alpha value is -0.960. The summed E-state index contributed by atoms with van der Waals surface area (Å²) in [5, 5.41) is 4.65. The zero-order valence-electron chi connectivity index (χ0n) is 9.41. The second-order valence-corrected chi connectivity index (χ2v) is 4.69. The first-order valence-corrected chi connectivity index (χ1v) is 6.09. The van der Waals surface area contributed by atoms with Crippen molar-refractivity contribution in [2.75, 3.05) is 7.05 Å². The molecule has 0 bridgehead atoms. The van der Waals surface area contributed by atoms with Gasteiger partial charge in [-0.05, 0) is 48.9 Å². The predicted octanol–water partition coefficient (Wildman–Crippen LogP) is 4.09. The molecule has 0 aliphatic rings. The SMILES string of the molecule is CNC(Cc1ccoc1)c1cc(Cl)ccc1Cl. The molecule has 0 aliphatic carbocycles. The molecule has 0 saturated carbocycles. The van der Waals surface area contributed by atoms with Crippen molar-refractivity contribution in [3.8, 4) is 0 Å². The molecule has 0 radical (unpaired) electrons. The van der Waals surface area contributed by atoms with Gasteiger partial charge < -0.3 is 9.73 Å². The molecule has 2 aromatic rings. The quantitative estimate of drug-likeness (QED) is 0.905. The number of halogens is 2. The maximum atomic E-state index is 6.19. The van der Waals surface area contributed by atoms with Crippen LogP contribution in [-0.2, 0) is 6.42 Å². The fourth-order valence-corrected chi connectivity index (χ4v) is 2.22. The smallest absolute Gasteiger partial charge is 0.0935 e. The highest BCUT2D eigenvalue weighted by atomic mass is 35.5. The van der Waals surface area contributed by atoms with Gasteiger partial charge in [-0.3, -0.25) is 0 Å². The number of hydrogen-bond donors (Lipinski definition) is 1. The fourth-order valence-electron chi connectivity index (χ4n) is 1.79. The summed E-state index contributed by atoms with van der Waals surface area (Å²) >= 11 is 12.2. The van der Waals surface area contributed by atoms with E-state index in [1.807, 2.05) is 25.2 Å². The Morgan fingerprint density at radius 1 is 1.29 bits per heavy atom. The molecule has 1 N–H and O–H groups in total. The van der Waals surface area contributed by atoms with Crippen LogP contribution in [0.4, 0.5) is 0 Å². The van der Waals surface area contributed by atoms with E-state index in [1.54, 1.807) is 18.6 Å². The zero-order chi connectivity index (χ0) is 12.3. The largest absolute Gasteiger partial charge is 0.472 e. The van der Waals surface area contributed by atoms with Crippen LogP contribution in [0.25, 0.3) is 0 Å². The van der Waals surface area contributed by atoms with Gasteiger partial charge in [-0.1, -0.05) is 23.2 Å². The highest BCUT2D eigenvalue weighted by Gasteiger charge is 2.14. The maximum absolute atomic E-state index is 6.19.